The molecule has 3 atom stereocenters. The molecule has 2 aliphatic heterocycles. The van der Waals surface area contributed by atoms with E-state index in [2.05, 4.69) is 15.3 Å². The van der Waals surface area contributed by atoms with E-state index in [1.165, 1.54) is 24.3 Å². The average Bonchev–Trinajstić information content (AvgIpc) is 3.33. The van der Waals surface area contributed by atoms with E-state index < -0.39 is 24.3 Å². The first kappa shape index (κ1) is 31.8. The van der Waals surface area contributed by atoms with Crippen LogP contribution in [0.4, 0.5) is 24.9 Å². The molecule has 2 aromatic carbocycles. The van der Waals surface area contributed by atoms with Crippen LogP contribution in [0, 0.1) is 5.41 Å². The predicted molar refractivity (Wildman–Crippen MR) is 164 cm³/mol. The fraction of sp³-hybridized carbons (Fsp3) is 0.469. The van der Waals surface area contributed by atoms with E-state index in [1.54, 1.807) is 6.07 Å². The Morgan fingerprint density at radius 2 is 1.91 bits per heavy atom. The Kier molecular flexibility index (Phi) is 9.00. The zero-order valence-electron chi connectivity index (χ0n) is 24.9. The molecule has 0 aliphatic carbocycles. The molecule has 0 saturated carbocycles. The number of anilines is 2. The number of carboxylic acid groups (broad SMARTS) is 1. The second-order valence-corrected chi connectivity index (χ2v) is 12.5. The Morgan fingerprint density at radius 3 is 2.55 bits per heavy atom. The van der Waals surface area contributed by atoms with E-state index in [1.807, 2.05) is 43.9 Å². The van der Waals surface area contributed by atoms with Crippen LogP contribution in [-0.4, -0.2) is 52.4 Å². The van der Waals surface area contributed by atoms with Crippen LogP contribution in [0.15, 0.2) is 48.5 Å². The second-order valence-electron chi connectivity index (χ2n) is 12.0. The number of nitrogens with one attached hydrogen (secondary N) is 1. The molecule has 44 heavy (non-hydrogen) atoms. The van der Waals surface area contributed by atoms with Crippen LogP contribution < -0.4 is 20.7 Å². The van der Waals surface area contributed by atoms with Gasteiger partial charge in [-0.25, -0.2) is 0 Å². The molecule has 2 unspecified atom stereocenters. The molecule has 12 heteroatoms. The van der Waals surface area contributed by atoms with E-state index in [0.717, 1.165) is 12.0 Å². The Morgan fingerprint density at radius 1 is 1.18 bits per heavy atom. The van der Waals surface area contributed by atoms with Crippen molar-refractivity contribution in [2.75, 3.05) is 23.7 Å². The number of carbonyl (C=O) groups is 1. The molecule has 2 aliphatic rings. The molecule has 2 fully saturated rings. The first-order chi connectivity index (χ1) is 20.8. The molecule has 3 aromatic rings. The smallest absolute Gasteiger partial charge is 0.429 e. The maximum atomic E-state index is 14.7. The number of carboxylic acids is 1. The summed E-state index contributed by atoms with van der Waals surface area (Å²) in [4.78, 5) is 21.9. The molecule has 0 bridgehead atoms. The average molecular weight is 632 g/mol. The van der Waals surface area contributed by atoms with Gasteiger partial charge in [0.05, 0.1) is 0 Å². The van der Waals surface area contributed by atoms with E-state index in [0.29, 0.717) is 54.3 Å². The molecule has 2 saturated heterocycles. The van der Waals surface area contributed by atoms with Gasteiger partial charge >= 0.3 is 12.1 Å². The number of hydrogen-bond donors (Lipinski definition) is 3. The van der Waals surface area contributed by atoms with Crippen molar-refractivity contribution in [2.24, 2.45) is 5.41 Å². The molecule has 5 rings (SSSR count). The maximum absolute atomic E-state index is 14.7. The van der Waals surface area contributed by atoms with Crippen LogP contribution in [0.25, 0.3) is 11.1 Å². The fourth-order valence-electron chi connectivity index (χ4n) is 6.62. The van der Waals surface area contributed by atoms with Crippen molar-refractivity contribution >= 4 is 29.3 Å². The number of hydrogen-bond acceptors (Lipinski definition) is 7. The van der Waals surface area contributed by atoms with Crippen LogP contribution in [0.3, 0.4) is 0 Å². The second kappa shape index (κ2) is 12.4. The number of nitrogens with zero attached hydrogens (tertiary/aromatic N) is 3. The van der Waals surface area contributed by atoms with Crippen LogP contribution in [0.1, 0.15) is 69.6 Å². The summed E-state index contributed by atoms with van der Waals surface area (Å²) in [5.74, 6) is -0.830. The van der Waals surface area contributed by atoms with Gasteiger partial charge < -0.3 is 25.8 Å². The normalized spacial score (nSPS) is 20.7. The number of aromatic nitrogens is 2. The molecule has 8 nitrogen and oxygen atoms in total. The molecular formula is C32H37ClF3N5O3. The third-order valence-electron chi connectivity index (χ3n) is 8.95. The summed E-state index contributed by atoms with van der Waals surface area (Å²) in [5, 5.41) is 13.1. The summed E-state index contributed by atoms with van der Waals surface area (Å²) >= 11 is 6.26. The van der Waals surface area contributed by atoms with Gasteiger partial charge in [0, 0.05) is 35.8 Å². The van der Waals surface area contributed by atoms with E-state index in [-0.39, 0.29) is 34.8 Å². The molecule has 0 radical (unpaired) electrons. The van der Waals surface area contributed by atoms with Gasteiger partial charge in [-0.15, -0.1) is 0 Å². The molecule has 236 valence electrons. The molecule has 1 aromatic heterocycles. The maximum Gasteiger partial charge on any atom is 0.429 e. The largest absolute Gasteiger partial charge is 0.480 e. The third kappa shape index (κ3) is 6.58. The monoisotopic (exact) mass is 631 g/mol. The van der Waals surface area contributed by atoms with E-state index >= 15 is 0 Å². The highest BCUT2D eigenvalue weighted by atomic mass is 35.5. The highest BCUT2D eigenvalue weighted by Crippen LogP contribution is 2.46. The SMILES string of the molecule is CCC1NC(C(=O)O)CC12CCN(c1cc(O[C@H](c3ccc(Cl)cc3-c3cccc(C(C)C)c3)C(F)(F)F)nc(N)n1)CC2. The van der Waals surface area contributed by atoms with Gasteiger partial charge in [0.15, 0.2) is 0 Å². The zero-order valence-corrected chi connectivity index (χ0v) is 25.6. The quantitative estimate of drug-likeness (QED) is 0.244. The lowest BCUT2D eigenvalue weighted by molar-refractivity contribution is -0.198. The number of nitrogens with two attached hydrogens (primary N) is 1. The van der Waals surface area contributed by atoms with Crippen molar-refractivity contribution in [3.8, 4) is 17.0 Å². The molecule has 1 spiro atoms. The van der Waals surface area contributed by atoms with Crippen molar-refractivity contribution in [2.45, 2.75) is 76.7 Å². The number of alkyl halides is 3. The highest BCUT2D eigenvalue weighted by Gasteiger charge is 2.50. The summed E-state index contributed by atoms with van der Waals surface area (Å²) in [6.07, 6.45) is -4.40. The summed E-state index contributed by atoms with van der Waals surface area (Å²) in [6, 6.07) is 12.5. The highest BCUT2D eigenvalue weighted by molar-refractivity contribution is 6.30. The van der Waals surface area contributed by atoms with Gasteiger partial charge in [-0.3, -0.25) is 4.79 Å². The lowest BCUT2D eigenvalue weighted by Gasteiger charge is -2.43. The minimum atomic E-state index is -4.79. The standard InChI is InChI=1S/C32H37ClF3N5O3/c1-4-25-31(17-24(38-25)29(42)43)10-12-41(13-11-31)26-16-27(40-30(37)39-26)44-28(32(34,35)36)22-9-8-21(33)15-23(22)20-7-5-6-19(14-20)18(2)3/h5-9,14-16,18,24-25,28,38H,4,10-13,17H2,1-3H3,(H,42,43)(H2,37,39,40)/t24?,25?,28-/m1/s1. The van der Waals surface area contributed by atoms with Crippen LogP contribution in [0.2, 0.25) is 5.02 Å². The molecule has 4 N–H and O–H groups in total. The Balaban J connectivity index is 1.43. The van der Waals surface area contributed by atoms with E-state index in [9.17, 15) is 23.1 Å². The lowest BCUT2D eigenvalue weighted by Crippen LogP contribution is -2.46. The van der Waals surface area contributed by atoms with E-state index in [4.69, 9.17) is 22.1 Å². The van der Waals surface area contributed by atoms with Crippen LogP contribution >= 0.6 is 11.6 Å². The number of ether oxygens (including phenoxy) is 1. The Bertz CT molecular complexity index is 1510. The van der Waals surface area contributed by atoms with Gasteiger partial charge in [-0.2, -0.15) is 23.1 Å². The molecule has 0 amide bonds. The topological polar surface area (TPSA) is 114 Å². The summed E-state index contributed by atoms with van der Waals surface area (Å²) in [5.41, 5.74) is 7.58. The Hall–Kier alpha value is -3.57. The third-order valence-corrected chi connectivity index (χ3v) is 9.18. The van der Waals surface area contributed by atoms with Gasteiger partial charge in [-0.05, 0) is 65.8 Å². The van der Waals surface area contributed by atoms with Gasteiger partial charge in [-0.1, -0.05) is 62.7 Å². The fourth-order valence-corrected chi connectivity index (χ4v) is 6.80. The minimum absolute atomic E-state index is 0.0717. The number of aliphatic carboxylic acids is 1. The minimum Gasteiger partial charge on any atom is -0.480 e. The lowest BCUT2D eigenvalue weighted by atomic mass is 9.71. The van der Waals surface area contributed by atoms with Gasteiger partial charge in [0.1, 0.15) is 11.9 Å². The van der Waals surface area contributed by atoms with Crippen molar-refractivity contribution < 1.29 is 27.8 Å². The molecule has 3 heterocycles. The van der Waals surface area contributed by atoms with Gasteiger partial charge in [0.25, 0.3) is 0 Å². The summed E-state index contributed by atoms with van der Waals surface area (Å²) in [7, 11) is 0. The predicted octanol–water partition coefficient (Wildman–Crippen LogP) is 7.00. The number of nitrogen functional groups attached to an aromatic ring is 1. The summed E-state index contributed by atoms with van der Waals surface area (Å²) in [6.45, 7) is 7.14. The van der Waals surface area contributed by atoms with Crippen LogP contribution in [-0.2, 0) is 4.79 Å². The molecular weight excluding hydrogens is 595 g/mol. The van der Waals surface area contributed by atoms with Crippen molar-refractivity contribution in [3.63, 3.8) is 0 Å². The Labute approximate surface area is 259 Å². The van der Waals surface area contributed by atoms with Crippen molar-refractivity contribution in [1.29, 1.82) is 0 Å². The van der Waals surface area contributed by atoms with Crippen LogP contribution in [0.5, 0.6) is 5.88 Å². The number of piperidine rings is 1. The summed E-state index contributed by atoms with van der Waals surface area (Å²) < 4.78 is 49.7. The van der Waals surface area contributed by atoms with Gasteiger partial charge in [0.2, 0.25) is 17.9 Å². The first-order valence-corrected chi connectivity index (χ1v) is 15.2. The number of rotatable bonds is 8. The number of halogens is 4. The number of benzene rings is 2. The zero-order chi connectivity index (χ0) is 31.8. The van der Waals surface area contributed by atoms with Crippen molar-refractivity contribution in [3.05, 3.63) is 64.7 Å². The first-order valence-electron chi connectivity index (χ1n) is 14.8. The van der Waals surface area contributed by atoms with Crippen molar-refractivity contribution in [1.82, 2.24) is 15.3 Å².